The molecule has 5 aromatic carbocycles. The van der Waals surface area contributed by atoms with E-state index in [4.69, 9.17) is 4.74 Å². The molecule has 10 heteroatoms. The van der Waals surface area contributed by atoms with Gasteiger partial charge in [-0.3, -0.25) is 19.2 Å². The average molecular weight is 685 g/mol. The van der Waals surface area contributed by atoms with Crippen molar-refractivity contribution in [1.82, 2.24) is 5.32 Å². The highest BCUT2D eigenvalue weighted by Gasteiger charge is 2.23. The van der Waals surface area contributed by atoms with Crippen LogP contribution in [-0.2, 0) is 14.4 Å². The van der Waals surface area contributed by atoms with Crippen LogP contribution >= 0.6 is 11.8 Å². The number of amides is 4. The molecule has 0 spiro atoms. The first-order valence-corrected chi connectivity index (χ1v) is 16.8. The fourth-order valence-electron chi connectivity index (χ4n) is 4.87. The molecule has 50 heavy (non-hydrogen) atoms. The predicted molar refractivity (Wildman–Crippen MR) is 199 cm³/mol. The Hall–Kier alpha value is -6.13. The van der Waals surface area contributed by atoms with Gasteiger partial charge in [0.25, 0.3) is 11.8 Å². The van der Waals surface area contributed by atoms with Crippen molar-refractivity contribution in [2.75, 3.05) is 22.6 Å². The smallest absolute Gasteiger partial charge is 0.272 e. The van der Waals surface area contributed by atoms with E-state index in [1.54, 1.807) is 97.1 Å². The number of carbonyl (C=O) groups excluding carboxylic acids is 4. The molecule has 1 unspecified atom stereocenters. The quantitative estimate of drug-likeness (QED) is 0.0738. The van der Waals surface area contributed by atoms with Gasteiger partial charge in [-0.2, -0.15) is 0 Å². The van der Waals surface area contributed by atoms with Crippen LogP contribution in [0.1, 0.15) is 40.6 Å². The summed E-state index contributed by atoms with van der Waals surface area (Å²) >= 11 is 1.33. The Bertz CT molecular complexity index is 1970. The molecule has 4 N–H and O–H groups in total. The molecular weight excluding hydrogens is 649 g/mol. The topological polar surface area (TPSA) is 126 Å². The van der Waals surface area contributed by atoms with Gasteiger partial charge in [0, 0.05) is 34.4 Å². The minimum absolute atomic E-state index is 0.0483. The third kappa shape index (κ3) is 10.2. The van der Waals surface area contributed by atoms with Gasteiger partial charge in [0.05, 0.1) is 6.61 Å². The van der Waals surface area contributed by atoms with Crippen molar-refractivity contribution in [3.63, 3.8) is 0 Å². The molecule has 0 aromatic heterocycles. The van der Waals surface area contributed by atoms with E-state index >= 15 is 0 Å². The number of benzene rings is 5. The minimum Gasteiger partial charge on any atom is -0.494 e. The van der Waals surface area contributed by atoms with Crippen LogP contribution in [0, 0.1) is 0 Å². The molecule has 0 aliphatic heterocycles. The zero-order chi connectivity index (χ0) is 35.3. The molecular formula is C40H36N4O5S. The van der Waals surface area contributed by atoms with Gasteiger partial charge in [0.1, 0.15) is 16.7 Å². The van der Waals surface area contributed by atoms with Crippen molar-refractivity contribution >= 4 is 58.5 Å². The summed E-state index contributed by atoms with van der Waals surface area (Å²) in [6, 6.07) is 39.3. The van der Waals surface area contributed by atoms with Gasteiger partial charge >= 0.3 is 0 Å². The lowest BCUT2D eigenvalue weighted by Crippen LogP contribution is -2.30. The van der Waals surface area contributed by atoms with Gasteiger partial charge in [-0.15, -0.1) is 11.8 Å². The van der Waals surface area contributed by atoms with Crippen molar-refractivity contribution in [3.05, 3.63) is 156 Å². The standard InChI is InChI=1S/C40H36N4O5S/c1-3-49-34-23-17-28(18-24-34)25-36(44-38(46)30-13-8-5-9-14-30)39(47)43-33-15-10-16-35(26-33)50-37(29-11-6-4-7-12-29)40(48)42-32-21-19-31(20-22-32)41-27(2)45/h4-26,37H,3H2,1-2H3,(H,41,45)(H,42,48)(H,43,47)(H,44,46)/b36-25+. The summed E-state index contributed by atoms with van der Waals surface area (Å²) < 4.78 is 5.53. The van der Waals surface area contributed by atoms with Crippen molar-refractivity contribution in [3.8, 4) is 5.75 Å². The minimum atomic E-state index is -0.627. The molecule has 0 heterocycles. The molecule has 0 radical (unpaired) electrons. The summed E-state index contributed by atoms with van der Waals surface area (Å²) in [5, 5.41) is 10.7. The third-order valence-corrected chi connectivity index (χ3v) is 8.44. The number of anilines is 3. The molecule has 0 saturated carbocycles. The first-order valence-electron chi connectivity index (χ1n) is 15.9. The number of thioether (sulfide) groups is 1. The van der Waals surface area contributed by atoms with E-state index in [0.717, 1.165) is 10.5 Å². The molecule has 5 aromatic rings. The maximum atomic E-state index is 13.7. The fraction of sp³-hybridized carbons (Fsp3) is 0.100. The van der Waals surface area contributed by atoms with E-state index < -0.39 is 17.1 Å². The van der Waals surface area contributed by atoms with Gasteiger partial charge in [-0.05, 0) is 90.9 Å². The summed E-state index contributed by atoms with van der Waals surface area (Å²) in [7, 11) is 0. The van der Waals surface area contributed by atoms with Crippen LogP contribution in [0.15, 0.2) is 144 Å². The number of rotatable bonds is 13. The van der Waals surface area contributed by atoms with Crippen molar-refractivity contribution in [1.29, 1.82) is 0 Å². The van der Waals surface area contributed by atoms with Crippen LogP contribution in [0.2, 0.25) is 0 Å². The van der Waals surface area contributed by atoms with E-state index in [1.807, 2.05) is 49.4 Å². The lowest BCUT2D eigenvalue weighted by atomic mass is 10.1. The Balaban J connectivity index is 1.35. The molecule has 1 atom stereocenters. The predicted octanol–water partition coefficient (Wildman–Crippen LogP) is 7.93. The molecule has 0 aliphatic rings. The fourth-order valence-corrected chi connectivity index (χ4v) is 5.95. The van der Waals surface area contributed by atoms with Crippen LogP contribution < -0.4 is 26.0 Å². The molecule has 0 bridgehead atoms. The van der Waals surface area contributed by atoms with Crippen LogP contribution in [0.4, 0.5) is 17.1 Å². The summed E-state index contributed by atoms with van der Waals surface area (Å²) in [6.07, 6.45) is 1.60. The largest absolute Gasteiger partial charge is 0.494 e. The van der Waals surface area contributed by atoms with Crippen molar-refractivity contribution in [2.24, 2.45) is 0 Å². The second-order valence-corrected chi connectivity index (χ2v) is 12.2. The number of carbonyl (C=O) groups is 4. The zero-order valence-corrected chi connectivity index (χ0v) is 28.3. The normalized spacial score (nSPS) is 11.5. The van der Waals surface area contributed by atoms with Crippen LogP contribution in [0.25, 0.3) is 6.08 Å². The highest BCUT2D eigenvalue weighted by atomic mass is 32.2. The lowest BCUT2D eigenvalue weighted by molar-refractivity contribution is -0.116. The Morgan fingerprint density at radius 1 is 0.700 bits per heavy atom. The molecule has 4 amide bonds. The number of hydrogen-bond donors (Lipinski definition) is 4. The summed E-state index contributed by atoms with van der Waals surface area (Å²) in [6.45, 7) is 3.86. The molecule has 0 saturated heterocycles. The molecule has 252 valence electrons. The highest BCUT2D eigenvalue weighted by molar-refractivity contribution is 8.00. The first-order chi connectivity index (χ1) is 24.3. The van der Waals surface area contributed by atoms with E-state index in [0.29, 0.717) is 40.5 Å². The van der Waals surface area contributed by atoms with Crippen molar-refractivity contribution in [2.45, 2.75) is 24.0 Å². The second kappa shape index (κ2) is 17.3. The molecule has 9 nitrogen and oxygen atoms in total. The Morgan fingerprint density at radius 3 is 1.98 bits per heavy atom. The monoisotopic (exact) mass is 684 g/mol. The molecule has 0 fully saturated rings. The first kappa shape index (κ1) is 35.2. The van der Waals surface area contributed by atoms with Gasteiger partial charge in [-0.25, -0.2) is 0 Å². The maximum Gasteiger partial charge on any atom is 0.272 e. The van der Waals surface area contributed by atoms with Gasteiger partial charge in [-0.1, -0.05) is 66.7 Å². The van der Waals surface area contributed by atoms with E-state index in [-0.39, 0.29) is 17.5 Å². The van der Waals surface area contributed by atoms with Crippen LogP contribution in [0.5, 0.6) is 5.75 Å². The lowest BCUT2D eigenvalue weighted by Gasteiger charge is -2.18. The Morgan fingerprint density at radius 2 is 1.34 bits per heavy atom. The third-order valence-electron chi connectivity index (χ3n) is 7.19. The average Bonchev–Trinajstić information content (AvgIpc) is 3.12. The number of nitrogens with one attached hydrogen (secondary N) is 4. The second-order valence-electron chi connectivity index (χ2n) is 11.0. The molecule has 5 rings (SSSR count). The summed E-state index contributed by atoms with van der Waals surface area (Å²) in [5.74, 6) is -0.681. The number of hydrogen-bond acceptors (Lipinski definition) is 6. The maximum absolute atomic E-state index is 13.7. The highest BCUT2D eigenvalue weighted by Crippen LogP contribution is 2.37. The van der Waals surface area contributed by atoms with Crippen LogP contribution in [-0.4, -0.2) is 30.2 Å². The molecule has 0 aliphatic carbocycles. The zero-order valence-electron chi connectivity index (χ0n) is 27.5. The SMILES string of the molecule is CCOc1ccc(/C=C(/NC(=O)c2ccccc2)C(=O)Nc2cccc(SC(C(=O)Nc3ccc(NC(C)=O)cc3)c3ccccc3)c2)cc1. The van der Waals surface area contributed by atoms with E-state index in [1.165, 1.54) is 18.7 Å². The Kier molecular flexibility index (Phi) is 12.2. The van der Waals surface area contributed by atoms with Crippen LogP contribution in [0.3, 0.4) is 0 Å². The van der Waals surface area contributed by atoms with E-state index in [9.17, 15) is 19.2 Å². The van der Waals surface area contributed by atoms with Gasteiger partial charge in [0.15, 0.2) is 0 Å². The van der Waals surface area contributed by atoms with Gasteiger partial charge in [0.2, 0.25) is 11.8 Å². The summed E-state index contributed by atoms with van der Waals surface area (Å²) in [4.78, 5) is 52.6. The Labute approximate surface area is 295 Å². The summed E-state index contributed by atoms with van der Waals surface area (Å²) in [5.41, 5.74) is 3.63. The number of ether oxygens (including phenoxy) is 1. The van der Waals surface area contributed by atoms with Gasteiger partial charge < -0.3 is 26.0 Å². The van der Waals surface area contributed by atoms with E-state index in [2.05, 4.69) is 21.3 Å². The van der Waals surface area contributed by atoms with Crippen molar-refractivity contribution < 1.29 is 23.9 Å².